The van der Waals surface area contributed by atoms with Gasteiger partial charge in [0.05, 0.1) is 12.6 Å². The molecular weight excluding hydrogens is 280 g/mol. The monoisotopic (exact) mass is 300 g/mol. The van der Waals surface area contributed by atoms with Crippen molar-refractivity contribution in [3.05, 3.63) is 34.9 Å². The van der Waals surface area contributed by atoms with Gasteiger partial charge < -0.3 is 15.0 Å². The molecule has 0 aliphatic rings. The van der Waals surface area contributed by atoms with Crippen molar-refractivity contribution in [2.45, 2.75) is 25.9 Å². The quantitative estimate of drug-likeness (QED) is 0.844. The fraction of sp³-hybridized carbons (Fsp3) is 0.500. The van der Waals surface area contributed by atoms with Crippen LogP contribution in [0.4, 0.5) is 0 Å². The van der Waals surface area contributed by atoms with Crippen molar-refractivity contribution in [3.63, 3.8) is 0 Å². The van der Waals surface area contributed by atoms with E-state index in [2.05, 4.69) is 12.2 Å². The summed E-state index contributed by atoms with van der Waals surface area (Å²) in [5, 5.41) is 4.69. The van der Waals surface area contributed by atoms with E-state index in [9.17, 15) is 0 Å². The van der Waals surface area contributed by atoms with Gasteiger partial charge in [0.15, 0.2) is 5.11 Å². The van der Waals surface area contributed by atoms with Gasteiger partial charge in [0.2, 0.25) is 0 Å². The zero-order valence-electron chi connectivity index (χ0n) is 11.8. The average Bonchev–Trinajstić information content (AvgIpc) is 2.37. The first kappa shape index (κ1) is 16.2. The van der Waals surface area contributed by atoms with Crippen molar-refractivity contribution in [1.29, 1.82) is 0 Å². The summed E-state index contributed by atoms with van der Waals surface area (Å²) in [6.45, 7) is 4.73. The van der Waals surface area contributed by atoms with E-state index in [0.29, 0.717) is 11.7 Å². The summed E-state index contributed by atoms with van der Waals surface area (Å²) in [6.07, 6.45) is 0. The maximum Gasteiger partial charge on any atom is 0.169 e. The summed E-state index contributed by atoms with van der Waals surface area (Å²) in [5.74, 6) is 0. The van der Waals surface area contributed by atoms with Gasteiger partial charge in [-0.3, -0.25) is 0 Å². The van der Waals surface area contributed by atoms with Gasteiger partial charge in [-0.15, -0.1) is 0 Å². The molecule has 0 aromatic heterocycles. The Hall–Kier alpha value is -0.840. The van der Waals surface area contributed by atoms with Gasteiger partial charge in [0.1, 0.15) is 0 Å². The minimum Gasteiger partial charge on any atom is -0.383 e. The first-order valence-electron chi connectivity index (χ1n) is 6.24. The number of nitrogens with one attached hydrogen (secondary N) is 1. The molecule has 0 aliphatic heterocycles. The predicted molar refractivity (Wildman–Crippen MR) is 84.7 cm³/mol. The number of hydrogen-bond donors (Lipinski definition) is 1. The van der Waals surface area contributed by atoms with Crippen molar-refractivity contribution in [2.75, 3.05) is 20.8 Å². The summed E-state index contributed by atoms with van der Waals surface area (Å²) < 4.78 is 5.09. The van der Waals surface area contributed by atoms with E-state index in [-0.39, 0.29) is 12.1 Å². The normalized spacial score (nSPS) is 13.7. The number of thiocarbonyl (C=S) groups is 1. The number of benzene rings is 1. The molecule has 106 valence electrons. The van der Waals surface area contributed by atoms with Crippen LogP contribution < -0.4 is 5.32 Å². The number of ether oxygens (including phenoxy) is 1. The minimum absolute atomic E-state index is 0.114. The molecule has 0 spiro atoms. The molecule has 2 atom stereocenters. The zero-order valence-corrected chi connectivity index (χ0v) is 13.4. The van der Waals surface area contributed by atoms with Crippen LogP contribution in [-0.2, 0) is 4.74 Å². The molecule has 0 amide bonds. The highest BCUT2D eigenvalue weighted by Gasteiger charge is 2.17. The van der Waals surface area contributed by atoms with E-state index in [1.165, 1.54) is 0 Å². The summed E-state index contributed by atoms with van der Waals surface area (Å²) in [6, 6.07) is 8.11. The van der Waals surface area contributed by atoms with Gasteiger partial charge in [0.25, 0.3) is 0 Å². The Morgan fingerprint density at radius 3 is 2.63 bits per heavy atom. The average molecular weight is 301 g/mol. The van der Waals surface area contributed by atoms with E-state index in [0.717, 1.165) is 10.6 Å². The van der Waals surface area contributed by atoms with E-state index in [1.807, 2.05) is 43.1 Å². The zero-order chi connectivity index (χ0) is 14.4. The summed E-state index contributed by atoms with van der Waals surface area (Å²) >= 11 is 11.6. The summed E-state index contributed by atoms with van der Waals surface area (Å²) in [7, 11) is 3.64. The van der Waals surface area contributed by atoms with E-state index < -0.39 is 0 Å². The molecule has 0 radical (unpaired) electrons. The van der Waals surface area contributed by atoms with Crippen LogP contribution in [0.1, 0.15) is 25.5 Å². The van der Waals surface area contributed by atoms with Gasteiger partial charge in [-0.2, -0.15) is 0 Å². The number of halogens is 1. The van der Waals surface area contributed by atoms with Crippen LogP contribution in [0, 0.1) is 0 Å². The van der Waals surface area contributed by atoms with E-state index in [4.69, 9.17) is 28.6 Å². The molecule has 0 saturated carbocycles. The summed E-state index contributed by atoms with van der Waals surface area (Å²) in [4.78, 5) is 2.00. The smallest absolute Gasteiger partial charge is 0.169 e. The van der Waals surface area contributed by atoms with E-state index in [1.54, 1.807) is 7.11 Å². The highest BCUT2D eigenvalue weighted by Crippen LogP contribution is 2.26. The molecule has 0 bridgehead atoms. The SMILES string of the molecule is COCC(C)NC(=S)N(C)C(C)c1ccccc1Cl. The molecule has 0 fully saturated rings. The number of methoxy groups -OCH3 is 1. The van der Waals surface area contributed by atoms with Crippen LogP contribution >= 0.6 is 23.8 Å². The second-order valence-electron chi connectivity index (χ2n) is 4.61. The predicted octanol–water partition coefficient (Wildman–Crippen LogP) is 3.24. The Labute approximate surface area is 125 Å². The lowest BCUT2D eigenvalue weighted by atomic mass is 10.1. The fourth-order valence-electron chi connectivity index (χ4n) is 1.80. The maximum atomic E-state index is 6.21. The van der Waals surface area contributed by atoms with Crippen molar-refractivity contribution in [2.24, 2.45) is 0 Å². The van der Waals surface area contributed by atoms with Gasteiger partial charge >= 0.3 is 0 Å². The Kier molecular flexibility index (Phi) is 6.55. The molecule has 19 heavy (non-hydrogen) atoms. The number of rotatable bonds is 5. The molecular formula is C14H21ClN2OS. The highest BCUT2D eigenvalue weighted by atomic mass is 35.5. The summed E-state index contributed by atoms with van der Waals surface area (Å²) in [5.41, 5.74) is 1.07. The molecule has 1 aromatic rings. The molecule has 0 saturated heterocycles. The minimum atomic E-state index is 0.114. The first-order valence-corrected chi connectivity index (χ1v) is 7.02. The van der Waals surface area contributed by atoms with Crippen molar-refractivity contribution < 1.29 is 4.74 Å². The second-order valence-corrected chi connectivity index (χ2v) is 5.41. The lowest BCUT2D eigenvalue weighted by Gasteiger charge is -2.30. The standard InChI is InChI=1S/C14H21ClN2OS/c1-10(9-18-4)16-14(19)17(3)11(2)12-7-5-6-8-13(12)15/h5-8,10-11H,9H2,1-4H3,(H,16,19). The molecule has 1 aromatic carbocycles. The van der Waals surface area contributed by atoms with Crippen molar-refractivity contribution in [1.82, 2.24) is 10.2 Å². The van der Waals surface area contributed by atoms with Crippen molar-refractivity contribution >= 4 is 28.9 Å². The fourth-order valence-corrected chi connectivity index (χ4v) is 2.46. The van der Waals surface area contributed by atoms with Gasteiger partial charge in [-0.1, -0.05) is 29.8 Å². The molecule has 0 heterocycles. The van der Waals surface area contributed by atoms with Gasteiger partial charge in [-0.25, -0.2) is 0 Å². The topological polar surface area (TPSA) is 24.5 Å². The van der Waals surface area contributed by atoms with Crippen LogP contribution in [0.2, 0.25) is 5.02 Å². The third-order valence-corrected chi connectivity index (χ3v) is 3.79. The molecule has 1 N–H and O–H groups in total. The third kappa shape index (κ3) is 4.64. The van der Waals surface area contributed by atoms with Crippen LogP contribution in [-0.4, -0.2) is 36.8 Å². The molecule has 3 nitrogen and oxygen atoms in total. The Bertz CT molecular complexity index is 428. The van der Waals surface area contributed by atoms with Crippen molar-refractivity contribution in [3.8, 4) is 0 Å². The van der Waals surface area contributed by atoms with Gasteiger partial charge in [-0.05, 0) is 37.7 Å². The largest absolute Gasteiger partial charge is 0.383 e. The van der Waals surface area contributed by atoms with Crippen LogP contribution in [0.3, 0.4) is 0 Å². The number of nitrogens with zero attached hydrogens (tertiary/aromatic N) is 1. The van der Waals surface area contributed by atoms with Crippen LogP contribution in [0.5, 0.6) is 0 Å². The molecule has 2 unspecified atom stereocenters. The van der Waals surface area contributed by atoms with Crippen LogP contribution in [0.25, 0.3) is 0 Å². The number of hydrogen-bond acceptors (Lipinski definition) is 2. The van der Waals surface area contributed by atoms with Gasteiger partial charge in [0, 0.05) is 25.2 Å². The first-order chi connectivity index (χ1) is 8.97. The molecule has 1 rings (SSSR count). The molecule has 0 aliphatic carbocycles. The lowest BCUT2D eigenvalue weighted by Crippen LogP contribution is -2.44. The maximum absolute atomic E-state index is 6.21. The Balaban J connectivity index is 2.69. The van der Waals surface area contributed by atoms with E-state index >= 15 is 0 Å². The lowest BCUT2D eigenvalue weighted by molar-refractivity contribution is 0.177. The second kappa shape index (κ2) is 7.68. The third-order valence-electron chi connectivity index (χ3n) is 3.04. The Morgan fingerprint density at radius 1 is 1.42 bits per heavy atom. The highest BCUT2D eigenvalue weighted by molar-refractivity contribution is 7.80. The Morgan fingerprint density at radius 2 is 2.05 bits per heavy atom. The van der Waals surface area contributed by atoms with Crippen LogP contribution in [0.15, 0.2) is 24.3 Å². The molecule has 5 heteroatoms.